The number of anilines is 1. The number of carbonyl (C=O) groups excluding carboxylic acids is 1. The molecule has 0 spiro atoms. The fourth-order valence-corrected chi connectivity index (χ4v) is 3.93. The van der Waals surface area contributed by atoms with Crippen LogP contribution in [0, 0.1) is 11.9 Å². The Bertz CT molecular complexity index is 1400. The number of pyridine rings is 1. The molecule has 0 radical (unpaired) electrons. The first kappa shape index (κ1) is 26.6. The van der Waals surface area contributed by atoms with Gasteiger partial charge in [0.25, 0.3) is 5.95 Å². The minimum Gasteiger partial charge on any atom is -0.481 e. The lowest BCUT2D eigenvalue weighted by molar-refractivity contribution is -0.142. The van der Waals surface area contributed by atoms with Crippen LogP contribution in [0.1, 0.15) is 24.2 Å². The third-order valence-corrected chi connectivity index (χ3v) is 5.95. The molecule has 0 aliphatic rings. The second-order valence-corrected chi connectivity index (χ2v) is 8.70. The van der Waals surface area contributed by atoms with Gasteiger partial charge in [0.2, 0.25) is 5.88 Å². The average Bonchev–Trinajstić information content (AvgIpc) is 3.27. The number of halogens is 2. The van der Waals surface area contributed by atoms with Crippen molar-refractivity contribution in [2.75, 3.05) is 11.9 Å². The van der Waals surface area contributed by atoms with E-state index in [0.29, 0.717) is 22.6 Å². The molecule has 2 atom stereocenters. The molecule has 2 N–H and O–H groups in total. The first-order chi connectivity index (χ1) is 18.3. The first-order valence-electron chi connectivity index (χ1n) is 11.5. The molecule has 2 aromatic heterocycles. The largest absolute Gasteiger partial charge is 0.481 e. The van der Waals surface area contributed by atoms with E-state index in [2.05, 4.69) is 15.5 Å². The van der Waals surface area contributed by atoms with Gasteiger partial charge in [0, 0.05) is 28.4 Å². The number of nitrogens with zero attached hydrogens (tertiary/aromatic N) is 2. The summed E-state index contributed by atoms with van der Waals surface area (Å²) in [4.78, 5) is 28.2. The van der Waals surface area contributed by atoms with Crippen molar-refractivity contribution in [2.24, 2.45) is 5.92 Å². The van der Waals surface area contributed by atoms with Crippen molar-refractivity contribution in [2.45, 2.75) is 19.4 Å². The summed E-state index contributed by atoms with van der Waals surface area (Å²) in [6.45, 7) is 1.53. The Morgan fingerprint density at radius 2 is 1.84 bits per heavy atom. The molecule has 11 heteroatoms. The van der Waals surface area contributed by atoms with Gasteiger partial charge < -0.3 is 19.1 Å². The van der Waals surface area contributed by atoms with Crippen molar-refractivity contribution in [3.05, 3.63) is 95.0 Å². The molecule has 4 rings (SSSR count). The van der Waals surface area contributed by atoms with E-state index in [9.17, 15) is 19.1 Å². The van der Waals surface area contributed by atoms with Gasteiger partial charge in [-0.3, -0.25) is 10.1 Å². The Kier molecular flexibility index (Phi) is 8.55. The predicted octanol–water partition coefficient (Wildman–Crippen LogP) is 6.16. The number of benzene rings is 2. The lowest BCUT2D eigenvalue weighted by Crippen LogP contribution is -2.24. The van der Waals surface area contributed by atoms with Crippen LogP contribution in [0.2, 0.25) is 5.02 Å². The molecule has 0 bridgehead atoms. The van der Waals surface area contributed by atoms with Gasteiger partial charge in [-0.2, -0.15) is 4.39 Å². The summed E-state index contributed by atoms with van der Waals surface area (Å²) in [7, 11) is 0. The molecule has 1 amide bonds. The highest BCUT2D eigenvalue weighted by Crippen LogP contribution is 2.32. The number of hydrogen-bond acceptors (Lipinski definition) is 7. The van der Waals surface area contributed by atoms with Crippen LogP contribution in [0.5, 0.6) is 5.88 Å². The van der Waals surface area contributed by atoms with Crippen molar-refractivity contribution < 1.29 is 33.1 Å². The number of nitrogens with one attached hydrogen (secondary N) is 1. The lowest BCUT2D eigenvalue weighted by atomic mass is 10.0. The number of carboxylic acids is 1. The maximum absolute atomic E-state index is 14.3. The summed E-state index contributed by atoms with van der Waals surface area (Å²) < 4.78 is 30.3. The second kappa shape index (κ2) is 12.2. The number of carboxylic acid groups (broad SMARTS) is 1. The van der Waals surface area contributed by atoms with Crippen molar-refractivity contribution >= 4 is 29.4 Å². The van der Waals surface area contributed by atoms with Gasteiger partial charge in [0.1, 0.15) is 18.4 Å². The van der Waals surface area contributed by atoms with Crippen LogP contribution in [0.4, 0.5) is 14.9 Å². The van der Waals surface area contributed by atoms with Crippen molar-refractivity contribution in [1.29, 1.82) is 0 Å². The number of amides is 1. The summed E-state index contributed by atoms with van der Waals surface area (Å²) in [5.74, 6) is -2.74. The quantitative estimate of drug-likeness (QED) is 0.245. The van der Waals surface area contributed by atoms with Crippen LogP contribution < -0.4 is 10.1 Å². The van der Waals surface area contributed by atoms with E-state index in [-0.39, 0.29) is 23.9 Å². The summed E-state index contributed by atoms with van der Waals surface area (Å²) in [6, 6.07) is 19.1. The minimum atomic E-state index is -1.05. The Morgan fingerprint density at radius 3 is 2.53 bits per heavy atom. The molecule has 0 fully saturated rings. The van der Waals surface area contributed by atoms with Crippen LogP contribution in [-0.2, 0) is 16.0 Å². The molecule has 2 heterocycles. The monoisotopic (exact) mass is 539 g/mol. The van der Waals surface area contributed by atoms with E-state index in [0.717, 1.165) is 5.56 Å². The van der Waals surface area contributed by atoms with E-state index >= 15 is 0 Å². The van der Waals surface area contributed by atoms with Gasteiger partial charge in [0.05, 0.1) is 5.92 Å². The number of hydrogen-bond donors (Lipinski definition) is 2. The Morgan fingerprint density at radius 1 is 1.11 bits per heavy atom. The second-order valence-electron chi connectivity index (χ2n) is 8.29. The molecule has 0 aliphatic heterocycles. The zero-order valence-corrected chi connectivity index (χ0v) is 20.9. The molecular weight excluding hydrogens is 517 g/mol. The van der Waals surface area contributed by atoms with E-state index in [1.54, 1.807) is 31.2 Å². The van der Waals surface area contributed by atoms with Crippen molar-refractivity contribution in [3.63, 3.8) is 0 Å². The first-order valence-corrected chi connectivity index (χ1v) is 11.9. The minimum absolute atomic E-state index is 0.0867. The maximum atomic E-state index is 14.3. The molecular formula is C27H23ClFN3O6. The smallest absolute Gasteiger partial charge is 0.412 e. The number of carbonyl (C=O) groups is 2. The summed E-state index contributed by atoms with van der Waals surface area (Å²) in [5, 5.41) is 15.5. The van der Waals surface area contributed by atoms with Gasteiger partial charge in [-0.25, -0.2) is 9.78 Å². The summed E-state index contributed by atoms with van der Waals surface area (Å²) in [6.07, 6.45) is -0.0201. The lowest BCUT2D eigenvalue weighted by Gasteiger charge is -2.15. The number of aliphatic carboxylic acids is 1. The fraction of sp³-hybridized carbons (Fsp3) is 0.185. The standard InChI is InChI=1S/C27H23ClFN3O6/c1-16(20-9-5-6-10-21(20)28)37-27(35)31-23-24(38-32-25(23)29)18-11-12-22(30-14-18)36-15-19(26(33)34)13-17-7-3-2-4-8-17/h2-12,14,16,19H,13,15H2,1H3,(H,31,35)(H,33,34). The van der Waals surface area contributed by atoms with E-state index in [1.807, 2.05) is 30.3 Å². The normalized spacial score (nSPS) is 12.4. The molecule has 0 saturated heterocycles. The fourth-order valence-electron chi connectivity index (χ4n) is 3.64. The molecule has 2 unspecified atom stereocenters. The third kappa shape index (κ3) is 6.65. The Labute approximate surface area is 222 Å². The van der Waals surface area contributed by atoms with Crippen molar-refractivity contribution in [3.8, 4) is 17.2 Å². The van der Waals surface area contributed by atoms with Crippen LogP contribution in [0.15, 0.2) is 77.4 Å². The zero-order chi connectivity index (χ0) is 27.1. The molecule has 196 valence electrons. The topological polar surface area (TPSA) is 124 Å². The molecule has 2 aromatic carbocycles. The maximum Gasteiger partial charge on any atom is 0.412 e. The number of ether oxygens (including phenoxy) is 2. The van der Waals surface area contributed by atoms with Gasteiger partial charge in [-0.15, -0.1) is 0 Å². The molecule has 38 heavy (non-hydrogen) atoms. The van der Waals surface area contributed by atoms with E-state index < -0.39 is 30.0 Å². The van der Waals surface area contributed by atoms with Crippen molar-refractivity contribution in [1.82, 2.24) is 10.1 Å². The number of rotatable bonds is 10. The van der Waals surface area contributed by atoms with E-state index in [4.69, 9.17) is 25.6 Å². The molecule has 0 aliphatic carbocycles. The summed E-state index contributed by atoms with van der Waals surface area (Å²) >= 11 is 6.14. The SMILES string of the molecule is CC(OC(=O)Nc1c(F)noc1-c1ccc(OCC(Cc2ccccc2)C(=O)O)nc1)c1ccccc1Cl. The van der Waals surface area contributed by atoms with Crippen LogP contribution in [0.25, 0.3) is 11.3 Å². The van der Waals surface area contributed by atoms with Crippen LogP contribution >= 0.6 is 11.6 Å². The van der Waals surface area contributed by atoms with Gasteiger partial charge in [-0.05, 0) is 36.2 Å². The molecule has 0 saturated carbocycles. The van der Waals surface area contributed by atoms with Gasteiger partial charge in [0.15, 0.2) is 5.76 Å². The highest BCUT2D eigenvalue weighted by Gasteiger charge is 2.23. The average molecular weight is 540 g/mol. The van der Waals surface area contributed by atoms with E-state index in [1.165, 1.54) is 18.3 Å². The van der Waals surface area contributed by atoms with Gasteiger partial charge >= 0.3 is 12.1 Å². The Balaban J connectivity index is 1.40. The summed E-state index contributed by atoms with van der Waals surface area (Å²) in [5.41, 5.74) is 1.43. The highest BCUT2D eigenvalue weighted by molar-refractivity contribution is 6.31. The van der Waals surface area contributed by atoms with Crippen LogP contribution in [-0.4, -0.2) is 33.9 Å². The molecule has 9 nitrogen and oxygen atoms in total. The Hall–Kier alpha value is -4.44. The highest BCUT2D eigenvalue weighted by atomic mass is 35.5. The number of aromatic nitrogens is 2. The van der Waals surface area contributed by atoms with Crippen LogP contribution in [0.3, 0.4) is 0 Å². The van der Waals surface area contributed by atoms with Gasteiger partial charge in [-0.1, -0.05) is 60.1 Å². The third-order valence-electron chi connectivity index (χ3n) is 5.61. The predicted molar refractivity (Wildman–Crippen MR) is 136 cm³/mol. The zero-order valence-electron chi connectivity index (χ0n) is 20.1. The molecule has 4 aromatic rings.